The Hall–Kier alpha value is -2.63. The third-order valence-electron chi connectivity index (χ3n) is 5.74. The molecule has 2 unspecified atom stereocenters. The van der Waals surface area contributed by atoms with Crippen molar-refractivity contribution in [1.29, 1.82) is 0 Å². The lowest BCUT2D eigenvalue weighted by Gasteiger charge is -2.25. The van der Waals surface area contributed by atoms with Crippen molar-refractivity contribution in [2.24, 2.45) is 5.92 Å². The first-order valence-electron chi connectivity index (χ1n) is 9.89. The number of nitrogens with one attached hydrogen (secondary N) is 1. The number of nitrogens with two attached hydrogens (primary N) is 1. The van der Waals surface area contributed by atoms with Gasteiger partial charge in [0, 0.05) is 5.92 Å². The van der Waals surface area contributed by atoms with Crippen molar-refractivity contribution in [3.63, 3.8) is 0 Å². The van der Waals surface area contributed by atoms with Crippen LogP contribution in [0.3, 0.4) is 0 Å². The van der Waals surface area contributed by atoms with E-state index in [4.69, 9.17) is 10.5 Å². The Morgan fingerprint density at radius 3 is 2.81 bits per heavy atom. The normalized spacial score (nSPS) is 24.5. The predicted octanol–water partition coefficient (Wildman–Crippen LogP) is 2.60. The van der Waals surface area contributed by atoms with E-state index in [2.05, 4.69) is 9.97 Å². The Morgan fingerprint density at radius 1 is 1.35 bits per heavy atom. The molecule has 1 saturated carbocycles. The van der Waals surface area contributed by atoms with Crippen molar-refractivity contribution < 1.29 is 14.6 Å². The van der Waals surface area contributed by atoms with Gasteiger partial charge in [0.1, 0.15) is 10.1 Å². The summed E-state index contributed by atoms with van der Waals surface area (Å²) >= 11 is 2.39. The molecule has 1 saturated heterocycles. The number of carboxylic acids is 1. The number of rotatable bonds is 5. The number of nitrogens with zero attached hydrogens (tertiary/aromatic N) is 2. The van der Waals surface area contributed by atoms with E-state index < -0.39 is 17.8 Å². The highest BCUT2D eigenvalue weighted by Gasteiger charge is 2.47. The maximum atomic E-state index is 12.8. The van der Waals surface area contributed by atoms with E-state index in [-0.39, 0.29) is 43.3 Å². The summed E-state index contributed by atoms with van der Waals surface area (Å²) in [5.41, 5.74) is 6.16. The number of aromatic carboxylic acids is 1. The molecule has 31 heavy (non-hydrogen) atoms. The fraction of sp³-hybridized carbons (Fsp3) is 0.400. The summed E-state index contributed by atoms with van der Waals surface area (Å²) in [7, 11) is 0. The summed E-state index contributed by atoms with van der Waals surface area (Å²) in [4.78, 5) is 43.0. The lowest BCUT2D eigenvalue weighted by molar-refractivity contribution is -0.00546. The average molecular weight is 461 g/mol. The Balaban J connectivity index is 1.55. The molecule has 0 radical (unpaired) electrons. The number of hydrogen-bond donors (Lipinski definition) is 3. The van der Waals surface area contributed by atoms with Gasteiger partial charge >= 0.3 is 10.8 Å². The Bertz CT molecular complexity index is 1290. The summed E-state index contributed by atoms with van der Waals surface area (Å²) in [6.45, 7) is 1.95. The van der Waals surface area contributed by atoms with Crippen molar-refractivity contribution in [2.75, 3.05) is 5.73 Å². The first-order chi connectivity index (χ1) is 14.8. The average Bonchev–Trinajstić information content (AvgIpc) is 3.40. The maximum Gasteiger partial charge on any atom is 0.335 e. The molecule has 5 rings (SSSR count). The molecule has 2 aromatic heterocycles. The summed E-state index contributed by atoms with van der Waals surface area (Å²) in [5, 5.41) is 9.57. The van der Waals surface area contributed by atoms with Gasteiger partial charge in [-0.05, 0) is 37.3 Å². The molecule has 9 nitrogen and oxygen atoms in total. The van der Waals surface area contributed by atoms with Crippen LogP contribution in [0.1, 0.15) is 47.8 Å². The van der Waals surface area contributed by atoms with Crippen molar-refractivity contribution in [1.82, 2.24) is 14.5 Å². The van der Waals surface area contributed by atoms with E-state index >= 15 is 0 Å². The van der Waals surface area contributed by atoms with E-state index in [1.54, 1.807) is 23.9 Å². The van der Waals surface area contributed by atoms with Crippen LogP contribution in [0.15, 0.2) is 33.9 Å². The smallest absolute Gasteiger partial charge is 0.335 e. The predicted molar refractivity (Wildman–Crippen MR) is 119 cm³/mol. The molecule has 3 heterocycles. The zero-order valence-corrected chi connectivity index (χ0v) is 18.1. The highest BCUT2D eigenvalue weighted by molar-refractivity contribution is 8.00. The molecule has 4 atom stereocenters. The van der Waals surface area contributed by atoms with Gasteiger partial charge in [-0.25, -0.2) is 4.79 Å². The lowest BCUT2D eigenvalue weighted by Crippen LogP contribution is -2.27. The number of aromatic nitrogens is 3. The standard InChI is InChI=1S/C20H20N4O5S2/c1-8-16(24-14-13(31-20(24)28)15(25)23-19(21)22-14)29-18(30-8)12(9-6-7-9)10-4-2-3-5-11(10)17(26)27/h2-5,8-9,12,16,18H,6-7H2,1H3,(H,26,27)(H3,21,22,23,25)/t8-,12?,16?,18-/m0/s1. The Kier molecular flexibility index (Phi) is 4.91. The third kappa shape index (κ3) is 3.46. The van der Waals surface area contributed by atoms with Crippen LogP contribution in [0.2, 0.25) is 0 Å². The SMILES string of the molecule is C[C@@H]1S[C@@H](C(c2ccccc2C(=O)O)C2CC2)OC1n1c(=O)sc2c(=O)[nH]c(N)nc21. The van der Waals surface area contributed by atoms with E-state index in [0.717, 1.165) is 29.7 Å². The van der Waals surface area contributed by atoms with Crippen LogP contribution in [-0.2, 0) is 4.74 Å². The molecule has 4 N–H and O–H groups in total. The van der Waals surface area contributed by atoms with E-state index in [1.807, 2.05) is 19.1 Å². The Labute approximate surface area is 184 Å². The molecule has 162 valence electrons. The quantitative estimate of drug-likeness (QED) is 0.528. The molecule has 1 aromatic carbocycles. The number of carboxylic acid groups (broad SMARTS) is 1. The van der Waals surface area contributed by atoms with Gasteiger partial charge in [0.15, 0.2) is 11.9 Å². The zero-order chi connectivity index (χ0) is 21.9. The number of thioether (sulfide) groups is 1. The monoisotopic (exact) mass is 460 g/mol. The fourth-order valence-electron chi connectivity index (χ4n) is 4.23. The number of benzene rings is 1. The number of anilines is 1. The van der Waals surface area contributed by atoms with Gasteiger partial charge in [-0.15, -0.1) is 11.8 Å². The molecule has 2 fully saturated rings. The number of fused-ring (bicyclic) bond motifs is 1. The minimum absolute atomic E-state index is 0.0647. The van der Waals surface area contributed by atoms with Gasteiger partial charge in [0.25, 0.3) is 5.56 Å². The highest BCUT2D eigenvalue weighted by atomic mass is 32.2. The van der Waals surface area contributed by atoms with Crippen molar-refractivity contribution in [3.05, 3.63) is 55.4 Å². The molecule has 0 bridgehead atoms. The minimum Gasteiger partial charge on any atom is -0.478 e. The van der Waals surface area contributed by atoms with Crippen LogP contribution in [0.25, 0.3) is 10.3 Å². The van der Waals surface area contributed by atoms with Crippen LogP contribution >= 0.6 is 23.1 Å². The zero-order valence-electron chi connectivity index (χ0n) is 16.5. The molecule has 3 aromatic rings. The van der Waals surface area contributed by atoms with Gasteiger partial charge in [-0.3, -0.25) is 19.1 Å². The number of ether oxygens (including phenoxy) is 1. The van der Waals surface area contributed by atoms with Crippen LogP contribution in [0.4, 0.5) is 5.95 Å². The van der Waals surface area contributed by atoms with E-state index in [0.29, 0.717) is 5.92 Å². The summed E-state index contributed by atoms with van der Waals surface area (Å²) < 4.78 is 7.99. The van der Waals surface area contributed by atoms with Gasteiger partial charge < -0.3 is 15.6 Å². The van der Waals surface area contributed by atoms with Crippen molar-refractivity contribution >= 4 is 45.4 Å². The first kappa shape index (κ1) is 20.3. The van der Waals surface area contributed by atoms with Crippen LogP contribution in [0.5, 0.6) is 0 Å². The molecule has 2 aliphatic rings. The Morgan fingerprint density at radius 2 is 2.10 bits per heavy atom. The second kappa shape index (κ2) is 7.50. The van der Waals surface area contributed by atoms with E-state index in [9.17, 15) is 19.5 Å². The molecule has 1 aliphatic heterocycles. The summed E-state index contributed by atoms with van der Waals surface area (Å²) in [6.07, 6.45) is 1.38. The largest absolute Gasteiger partial charge is 0.478 e. The van der Waals surface area contributed by atoms with Gasteiger partial charge in [0.2, 0.25) is 5.95 Å². The second-order valence-electron chi connectivity index (χ2n) is 7.83. The van der Waals surface area contributed by atoms with Crippen LogP contribution < -0.4 is 16.2 Å². The first-order valence-corrected chi connectivity index (χ1v) is 11.6. The third-order valence-corrected chi connectivity index (χ3v) is 8.02. The molecular weight excluding hydrogens is 440 g/mol. The number of nitrogen functional groups attached to an aromatic ring is 1. The number of H-pyrrole nitrogens is 1. The molecule has 1 aliphatic carbocycles. The van der Waals surface area contributed by atoms with Crippen LogP contribution in [-0.4, -0.2) is 36.3 Å². The van der Waals surface area contributed by atoms with Crippen LogP contribution in [0, 0.1) is 5.92 Å². The molecule has 11 heteroatoms. The van der Waals surface area contributed by atoms with E-state index in [1.165, 1.54) is 4.57 Å². The lowest BCUT2D eigenvalue weighted by atomic mass is 9.90. The molecular formula is C20H20N4O5S2. The van der Waals surface area contributed by atoms with Crippen molar-refractivity contribution in [2.45, 2.75) is 42.6 Å². The highest BCUT2D eigenvalue weighted by Crippen LogP contribution is 2.54. The fourth-order valence-corrected chi connectivity index (χ4v) is 6.53. The topological polar surface area (TPSA) is 140 Å². The summed E-state index contributed by atoms with van der Waals surface area (Å²) in [5.74, 6) is -0.804. The second-order valence-corrected chi connectivity index (χ2v) is 10.3. The van der Waals surface area contributed by atoms with Gasteiger partial charge in [-0.2, -0.15) is 4.98 Å². The summed E-state index contributed by atoms with van der Waals surface area (Å²) in [6, 6.07) is 7.02. The number of carbonyl (C=O) groups is 1. The van der Waals surface area contributed by atoms with Crippen molar-refractivity contribution in [3.8, 4) is 0 Å². The van der Waals surface area contributed by atoms with Gasteiger partial charge in [0.05, 0.1) is 10.8 Å². The number of aromatic amines is 1. The maximum absolute atomic E-state index is 12.8. The number of hydrogen-bond acceptors (Lipinski definition) is 8. The molecule has 0 amide bonds. The van der Waals surface area contributed by atoms with Gasteiger partial charge in [-0.1, -0.05) is 29.5 Å². The number of thiazole rings is 1. The molecule has 0 spiro atoms. The minimum atomic E-state index is -0.965.